The highest BCUT2D eigenvalue weighted by molar-refractivity contribution is 5.71. The van der Waals surface area contributed by atoms with Crippen molar-refractivity contribution in [2.45, 2.75) is 18.9 Å². The van der Waals surface area contributed by atoms with Crippen LogP contribution in [-0.4, -0.2) is 29.3 Å². The summed E-state index contributed by atoms with van der Waals surface area (Å²) < 4.78 is 7.11. The fourth-order valence-electron chi connectivity index (χ4n) is 1.57. The molecule has 1 aromatic heterocycles. The summed E-state index contributed by atoms with van der Waals surface area (Å²) in [7, 11) is 0. The predicted molar refractivity (Wildman–Crippen MR) is 46.7 cm³/mol. The van der Waals surface area contributed by atoms with Crippen molar-refractivity contribution < 1.29 is 9.53 Å². The van der Waals surface area contributed by atoms with Crippen LogP contribution in [-0.2, 0) is 4.74 Å². The quantitative estimate of drug-likeness (QED) is 0.639. The molecule has 0 radical (unpaired) electrons. The number of carbonyl (C=O) groups excluding carboxylic acids is 1. The first-order chi connectivity index (χ1) is 6.40. The van der Waals surface area contributed by atoms with Gasteiger partial charge >= 0.3 is 0 Å². The molecule has 2 heterocycles. The third-order valence-corrected chi connectivity index (χ3v) is 2.31. The second-order valence-corrected chi connectivity index (χ2v) is 3.18. The van der Waals surface area contributed by atoms with E-state index in [1.54, 1.807) is 6.07 Å². The van der Waals surface area contributed by atoms with Crippen molar-refractivity contribution in [1.82, 2.24) is 9.78 Å². The summed E-state index contributed by atoms with van der Waals surface area (Å²) >= 11 is 0. The van der Waals surface area contributed by atoms with Gasteiger partial charge < -0.3 is 4.74 Å². The van der Waals surface area contributed by atoms with E-state index in [0.29, 0.717) is 11.7 Å². The normalized spacial score (nSPS) is 18.8. The van der Waals surface area contributed by atoms with Gasteiger partial charge in [-0.15, -0.1) is 0 Å². The minimum atomic E-state index is 0.405. The highest BCUT2D eigenvalue weighted by Gasteiger charge is 2.15. The second-order valence-electron chi connectivity index (χ2n) is 3.18. The van der Waals surface area contributed by atoms with Crippen LogP contribution in [0.2, 0.25) is 0 Å². The average molecular weight is 180 g/mol. The molecule has 2 rings (SSSR count). The van der Waals surface area contributed by atoms with Crippen molar-refractivity contribution in [2.75, 3.05) is 13.2 Å². The first kappa shape index (κ1) is 8.44. The largest absolute Gasteiger partial charge is 0.381 e. The fraction of sp³-hybridized carbons (Fsp3) is 0.556. The molecular weight excluding hydrogens is 168 g/mol. The van der Waals surface area contributed by atoms with Crippen LogP contribution >= 0.6 is 0 Å². The lowest BCUT2D eigenvalue weighted by Crippen LogP contribution is -2.20. The van der Waals surface area contributed by atoms with Gasteiger partial charge in [-0.2, -0.15) is 5.10 Å². The summed E-state index contributed by atoms with van der Waals surface area (Å²) in [6.45, 7) is 1.59. The van der Waals surface area contributed by atoms with Crippen molar-refractivity contribution in [2.24, 2.45) is 0 Å². The molecule has 1 saturated heterocycles. The number of hydrogen-bond acceptors (Lipinski definition) is 3. The van der Waals surface area contributed by atoms with Crippen LogP contribution in [0, 0.1) is 0 Å². The van der Waals surface area contributed by atoms with Gasteiger partial charge in [0.2, 0.25) is 0 Å². The monoisotopic (exact) mass is 180 g/mol. The zero-order chi connectivity index (χ0) is 9.10. The average Bonchev–Trinajstić information content (AvgIpc) is 2.67. The Kier molecular flexibility index (Phi) is 2.40. The lowest BCUT2D eigenvalue weighted by atomic mass is 10.1. The molecule has 1 aliphatic heterocycles. The molecule has 0 atom stereocenters. The van der Waals surface area contributed by atoms with Gasteiger partial charge in [0.15, 0.2) is 6.29 Å². The van der Waals surface area contributed by atoms with E-state index in [2.05, 4.69) is 5.10 Å². The van der Waals surface area contributed by atoms with Crippen LogP contribution in [0.3, 0.4) is 0 Å². The molecule has 1 aromatic rings. The van der Waals surface area contributed by atoms with Crippen molar-refractivity contribution in [1.29, 1.82) is 0 Å². The second kappa shape index (κ2) is 3.70. The summed E-state index contributed by atoms with van der Waals surface area (Å²) in [5.41, 5.74) is 0.506. The summed E-state index contributed by atoms with van der Waals surface area (Å²) in [5.74, 6) is 0. The predicted octanol–water partition coefficient (Wildman–Crippen LogP) is 1.05. The Bertz CT molecular complexity index is 290. The molecule has 0 amide bonds. The number of hydrogen-bond donors (Lipinski definition) is 0. The molecule has 0 aliphatic carbocycles. The van der Waals surface area contributed by atoms with E-state index < -0.39 is 0 Å². The Balaban J connectivity index is 2.09. The van der Waals surface area contributed by atoms with E-state index in [1.165, 1.54) is 0 Å². The maximum atomic E-state index is 10.4. The van der Waals surface area contributed by atoms with Crippen molar-refractivity contribution in [3.63, 3.8) is 0 Å². The molecule has 0 saturated carbocycles. The van der Waals surface area contributed by atoms with Crippen LogP contribution < -0.4 is 0 Å². The first-order valence-corrected chi connectivity index (χ1v) is 4.48. The molecule has 13 heavy (non-hydrogen) atoms. The Labute approximate surface area is 76.5 Å². The van der Waals surface area contributed by atoms with Gasteiger partial charge in [-0.3, -0.25) is 9.48 Å². The summed E-state index contributed by atoms with van der Waals surface area (Å²) in [6, 6.07) is 2.14. The molecule has 4 nitrogen and oxygen atoms in total. The van der Waals surface area contributed by atoms with Gasteiger partial charge in [0.25, 0.3) is 0 Å². The van der Waals surface area contributed by atoms with Gasteiger partial charge in [0.1, 0.15) is 5.69 Å². The van der Waals surface area contributed by atoms with Gasteiger partial charge in [-0.25, -0.2) is 0 Å². The zero-order valence-electron chi connectivity index (χ0n) is 7.35. The Morgan fingerprint density at radius 2 is 2.31 bits per heavy atom. The topological polar surface area (TPSA) is 44.1 Å². The van der Waals surface area contributed by atoms with Gasteiger partial charge in [-0.1, -0.05) is 0 Å². The lowest BCUT2D eigenvalue weighted by Gasteiger charge is -2.22. The lowest BCUT2D eigenvalue weighted by molar-refractivity contribution is 0.0661. The summed E-state index contributed by atoms with van der Waals surface area (Å²) in [5, 5.41) is 4.15. The number of aromatic nitrogens is 2. The molecule has 4 heteroatoms. The number of nitrogens with zero attached hydrogens (tertiary/aromatic N) is 2. The zero-order valence-corrected chi connectivity index (χ0v) is 7.35. The number of rotatable bonds is 2. The smallest absolute Gasteiger partial charge is 0.170 e. The van der Waals surface area contributed by atoms with Crippen LogP contribution in [0.4, 0.5) is 0 Å². The van der Waals surface area contributed by atoms with E-state index in [-0.39, 0.29) is 0 Å². The molecule has 0 spiro atoms. The minimum Gasteiger partial charge on any atom is -0.381 e. The fourth-order valence-corrected chi connectivity index (χ4v) is 1.57. The SMILES string of the molecule is O=Cc1ccn(C2CCOCC2)n1. The van der Waals surface area contributed by atoms with E-state index in [1.807, 2.05) is 10.9 Å². The molecule has 1 fully saturated rings. The van der Waals surface area contributed by atoms with E-state index in [9.17, 15) is 4.79 Å². The molecule has 0 N–H and O–H groups in total. The standard InChI is InChI=1S/C9H12N2O2/c12-7-8-1-4-11(10-8)9-2-5-13-6-3-9/h1,4,7,9H,2-3,5-6H2. The highest BCUT2D eigenvalue weighted by atomic mass is 16.5. The molecule has 0 bridgehead atoms. The molecule has 0 unspecified atom stereocenters. The van der Waals surface area contributed by atoms with Crippen LogP contribution in [0.1, 0.15) is 29.4 Å². The number of aldehydes is 1. The Hall–Kier alpha value is -1.16. The maximum absolute atomic E-state index is 10.4. The Morgan fingerprint density at radius 1 is 1.54 bits per heavy atom. The van der Waals surface area contributed by atoms with Crippen molar-refractivity contribution >= 4 is 6.29 Å². The highest BCUT2D eigenvalue weighted by Crippen LogP contribution is 2.19. The van der Waals surface area contributed by atoms with Gasteiger partial charge in [-0.05, 0) is 18.9 Å². The van der Waals surface area contributed by atoms with E-state index in [4.69, 9.17) is 4.74 Å². The van der Waals surface area contributed by atoms with E-state index in [0.717, 1.165) is 32.3 Å². The molecule has 1 aliphatic rings. The first-order valence-electron chi connectivity index (χ1n) is 4.48. The van der Waals surface area contributed by atoms with E-state index >= 15 is 0 Å². The number of ether oxygens (including phenoxy) is 1. The maximum Gasteiger partial charge on any atom is 0.170 e. The van der Waals surface area contributed by atoms with Crippen molar-refractivity contribution in [3.05, 3.63) is 18.0 Å². The minimum absolute atomic E-state index is 0.405. The molecule has 70 valence electrons. The van der Waals surface area contributed by atoms with Crippen LogP contribution in [0.5, 0.6) is 0 Å². The third-order valence-electron chi connectivity index (χ3n) is 2.31. The third kappa shape index (κ3) is 1.78. The van der Waals surface area contributed by atoms with Crippen LogP contribution in [0.15, 0.2) is 12.3 Å². The van der Waals surface area contributed by atoms with Gasteiger partial charge in [0, 0.05) is 19.4 Å². The van der Waals surface area contributed by atoms with Crippen LogP contribution in [0.25, 0.3) is 0 Å². The Morgan fingerprint density at radius 3 is 2.92 bits per heavy atom. The summed E-state index contributed by atoms with van der Waals surface area (Å²) in [4.78, 5) is 10.4. The van der Waals surface area contributed by atoms with Gasteiger partial charge in [0.05, 0.1) is 6.04 Å². The number of carbonyl (C=O) groups is 1. The summed E-state index contributed by atoms with van der Waals surface area (Å²) in [6.07, 6.45) is 4.61. The molecular formula is C9H12N2O2. The molecule has 0 aromatic carbocycles. The van der Waals surface area contributed by atoms with Crippen molar-refractivity contribution in [3.8, 4) is 0 Å².